The van der Waals surface area contributed by atoms with E-state index in [4.69, 9.17) is 0 Å². The minimum Gasteiger partial charge on any atom is -0.322 e. The van der Waals surface area contributed by atoms with Crippen molar-refractivity contribution < 1.29 is 14.2 Å². The third-order valence-corrected chi connectivity index (χ3v) is 4.96. The van der Waals surface area contributed by atoms with E-state index in [1.807, 2.05) is 12.1 Å². The van der Waals surface area contributed by atoms with Crippen LogP contribution in [0.1, 0.15) is 11.1 Å². The highest BCUT2D eigenvalue weighted by molar-refractivity contribution is 9.10. The van der Waals surface area contributed by atoms with Crippen LogP contribution in [0, 0.1) is 5.82 Å². The predicted octanol–water partition coefficient (Wildman–Crippen LogP) is 1.07. The van der Waals surface area contributed by atoms with E-state index in [0.29, 0.717) is 0 Å². The van der Waals surface area contributed by atoms with Gasteiger partial charge in [0.1, 0.15) is 45.1 Å². The van der Waals surface area contributed by atoms with E-state index < -0.39 is 0 Å². The molecular weight excluding hydrogens is 343 g/mol. The van der Waals surface area contributed by atoms with E-state index >= 15 is 0 Å². The van der Waals surface area contributed by atoms with Crippen molar-refractivity contribution in [3.8, 4) is 0 Å². The van der Waals surface area contributed by atoms with Crippen LogP contribution in [0.25, 0.3) is 0 Å². The molecule has 0 unspecified atom stereocenters. The molecule has 0 bridgehead atoms. The third-order valence-electron chi connectivity index (χ3n) is 4.43. The molecule has 1 aliphatic rings. The van der Waals surface area contributed by atoms with Gasteiger partial charge in [0.25, 0.3) is 0 Å². The summed E-state index contributed by atoms with van der Waals surface area (Å²) in [6.45, 7) is 6.42. The zero-order valence-electron chi connectivity index (χ0n) is 12.6. The largest absolute Gasteiger partial charge is 0.322 e. The summed E-state index contributed by atoms with van der Waals surface area (Å²) in [5.74, 6) is -0.0698. The lowest BCUT2D eigenvalue weighted by Crippen LogP contribution is -3.27. The molecule has 0 spiro atoms. The molecule has 2 aromatic rings. The molecule has 2 aromatic carbocycles. The summed E-state index contributed by atoms with van der Waals surface area (Å²) in [6.07, 6.45) is 0. The lowest BCUT2D eigenvalue weighted by Gasteiger charge is -2.29. The molecule has 1 saturated heterocycles. The maximum absolute atomic E-state index is 13.7. The van der Waals surface area contributed by atoms with Crippen molar-refractivity contribution in [3.63, 3.8) is 0 Å². The maximum atomic E-state index is 13.7. The lowest BCUT2D eigenvalue weighted by molar-refractivity contribution is -1.02. The van der Waals surface area contributed by atoms with Crippen LogP contribution in [0.3, 0.4) is 0 Å². The Kier molecular flexibility index (Phi) is 5.24. The molecule has 0 radical (unpaired) electrons. The van der Waals surface area contributed by atoms with Gasteiger partial charge in [-0.2, -0.15) is 0 Å². The fourth-order valence-electron chi connectivity index (χ4n) is 3.11. The van der Waals surface area contributed by atoms with Crippen molar-refractivity contribution in [1.29, 1.82) is 0 Å². The number of nitrogens with one attached hydrogen (secondary N) is 2. The highest BCUT2D eigenvalue weighted by atomic mass is 79.9. The highest BCUT2D eigenvalue weighted by Crippen LogP contribution is 2.09. The number of rotatable bonds is 4. The summed E-state index contributed by atoms with van der Waals surface area (Å²) >= 11 is 3.48. The Labute approximate surface area is 139 Å². The Morgan fingerprint density at radius 1 is 0.818 bits per heavy atom. The number of hydrogen-bond donors (Lipinski definition) is 2. The summed E-state index contributed by atoms with van der Waals surface area (Å²) in [5.41, 5.74) is 2.23. The molecule has 1 heterocycles. The predicted molar refractivity (Wildman–Crippen MR) is 89.3 cm³/mol. The van der Waals surface area contributed by atoms with Gasteiger partial charge < -0.3 is 9.80 Å². The maximum Gasteiger partial charge on any atom is 0.132 e. The molecule has 4 heteroatoms. The van der Waals surface area contributed by atoms with Gasteiger partial charge >= 0.3 is 0 Å². The Morgan fingerprint density at radius 3 is 2.05 bits per heavy atom. The molecule has 22 heavy (non-hydrogen) atoms. The van der Waals surface area contributed by atoms with Gasteiger partial charge in [-0.25, -0.2) is 4.39 Å². The first-order chi connectivity index (χ1) is 10.7. The summed E-state index contributed by atoms with van der Waals surface area (Å²) in [4.78, 5) is 3.12. The van der Waals surface area contributed by atoms with Crippen LogP contribution in [0.15, 0.2) is 53.0 Å². The summed E-state index contributed by atoms with van der Waals surface area (Å²) in [5, 5.41) is 0. The van der Waals surface area contributed by atoms with Gasteiger partial charge in [0.15, 0.2) is 0 Å². The van der Waals surface area contributed by atoms with Gasteiger partial charge in [-0.05, 0) is 18.2 Å². The summed E-state index contributed by atoms with van der Waals surface area (Å²) < 4.78 is 14.8. The SMILES string of the molecule is Fc1ccccc1C[NH+]1CC[NH+](Cc2ccc(Br)cc2)CC1. The number of piperazine rings is 1. The molecule has 3 rings (SSSR count). The highest BCUT2D eigenvalue weighted by Gasteiger charge is 2.23. The van der Waals surface area contributed by atoms with E-state index in [1.54, 1.807) is 17.0 Å². The average molecular weight is 365 g/mol. The second kappa shape index (κ2) is 7.36. The summed E-state index contributed by atoms with van der Waals surface area (Å²) in [6, 6.07) is 15.7. The van der Waals surface area contributed by atoms with Crippen LogP contribution in [0.2, 0.25) is 0 Å². The van der Waals surface area contributed by atoms with Crippen molar-refractivity contribution in [3.05, 3.63) is 69.9 Å². The monoisotopic (exact) mass is 364 g/mol. The van der Waals surface area contributed by atoms with Crippen molar-refractivity contribution in [2.24, 2.45) is 0 Å². The van der Waals surface area contributed by atoms with Crippen LogP contribution in [0.5, 0.6) is 0 Å². The second-order valence-corrected chi connectivity index (χ2v) is 6.99. The normalized spacial score (nSPS) is 21.7. The van der Waals surface area contributed by atoms with E-state index in [-0.39, 0.29) is 5.82 Å². The molecule has 1 fully saturated rings. The molecule has 2 nitrogen and oxygen atoms in total. The number of hydrogen-bond acceptors (Lipinski definition) is 0. The van der Waals surface area contributed by atoms with Crippen LogP contribution in [0.4, 0.5) is 4.39 Å². The average Bonchev–Trinajstić information content (AvgIpc) is 2.54. The van der Waals surface area contributed by atoms with Gasteiger partial charge in [0.2, 0.25) is 0 Å². The fraction of sp³-hybridized carbons (Fsp3) is 0.333. The number of quaternary nitrogens is 2. The van der Waals surface area contributed by atoms with Crippen LogP contribution in [-0.4, -0.2) is 26.2 Å². The Hall–Kier alpha value is -1.23. The molecule has 0 amide bonds. The zero-order valence-corrected chi connectivity index (χ0v) is 14.2. The minimum atomic E-state index is -0.0698. The molecule has 2 N–H and O–H groups in total. The van der Waals surface area contributed by atoms with E-state index in [1.165, 1.54) is 10.5 Å². The topological polar surface area (TPSA) is 8.88 Å². The molecule has 0 saturated carbocycles. The minimum absolute atomic E-state index is 0.0698. The van der Waals surface area contributed by atoms with Crippen LogP contribution < -0.4 is 9.80 Å². The third kappa shape index (κ3) is 4.15. The second-order valence-electron chi connectivity index (χ2n) is 6.07. The van der Waals surface area contributed by atoms with Gasteiger partial charge in [0.05, 0.1) is 0 Å². The molecule has 0 aliphatic carbocycles. The van der Waals surface area contributed by atoms with Gasteiger partial charge in [-0.3, -0.25) is 0 Å². The first-order valence-corrected chi connectivity index (χ1v) is 8.65. The quantitative estimate of drug-likeness (QED) is 0.802. The summed E-state index contributed by atoms with van der Waals surface area (Å²) in [7, 11) is 0. The fourth-order valence-corrected chi connectivity index (χ4v) is 3.38. The number of halogens is 2. The van der Waals surface area contributed by atoms with Crippen LogP contribution >= 0.6 is 15.9 Å². The number of benzene rings is 2. The molecule has 0 atom stereocenters. The van der Waals surface area contributed by atoms with Crippen molar-refractivity contribution in [2.45, 2.75) is 13.1 Å². The Balaban J connectivity index is 1.50. The smallest absolute Gasteiger partial charge is 0.132 e. The lowest BCUT2D eigenvalue weighted by atomic mass is 10.1. The standard InChI is InChI=1S/C18H20BrFN2/c19-17-7-5-15(6-8-17)13-21-9-11-22(12-10-21)14-16-3-1-2-4-18(16)20/h1-8H,9-14H2/p+2. The van der Waals surface area contributed by atoms with Gasteiger partial charge in [0, 0.05) is 15.6 Å². The van der Waals surface area contributed by atoms with E-state index in [9.17, 15) is 4.39 Å². The van der Waals surface area contributed by atoms with Gasteiger partial charge in [-0.15, -0.1) is 0 Å². The molecule has 116 valence electrons. The van der Waals surface area contributed by atoms with Crippen molar-refractivity contribution >= 4 is 15.9 Å². The molecular formula is C18H22BrFN2+2. The first-order valence-electron chi connectivity index (χ1n) is 7.86. The van der Waals surface area contributed by atoms with Crippen molar-refractivity contribution in [2.75, 3.05) is 26.2 Å². The first kappa shape index (κ1) is 15.7. The van der Waals surface area contributed by atoms with E-state index in [0.717, 1.165) is 49.3 Å². The van der Waals surface area contributed by atoms with Crippen LogP contribution in [-0.2, 0) is 13.1 Å². The van der Waals surface area contributed by atoms with Crippen molar-refractivity contribution in [1.82, 2.24) is 0 Å². The Bertz CT molecular complexity index is 607. The Morgan fingerprint density at radius 2 is 1.41 bits per heavy atom. The van der Waals surface area contributed by atoms with E-state index in [2.05, 4.69) is 40.2 Å². The molecule has 1 aliphatic heterocycles. The zero-order chi connectivity index (χ0) is 15.4. The molecule has 0 aromatic heterocycles. The van der Waals surface area contributed by atoms with Gasteiger partial charge in [-0.1, -0.05) is 46.3 Å².